The summed E-state index contributed by atoms with van der Waals surface area (Å²) in [6.07, 6.45) is 2.85. The van der Waals surface area contributed by atoms with Crippen molar-refractivity contribution in [1.82, 2.24) is 0 Å². The molecule has 0 radical (unpaired) electrons. The van der Waals surface area contributed by atoms with Crippen LogP contribution in [0.1, 0.15) is 31.4 Å². The fourth-order valence-electron chi connectivity index (χ4n) is 3.23. The van der Waals surface area contributed by atoms with Crippen molar-refractivity contribution < 1.29 is 9.21 Å². The summed E-state index contributed by atoms with van der Waals surface area (Å²) in [5, 5.41) is 3.32. The number of benzene rings is 1. The molecule has 0 spiro atoms. The normalized spacial score (nSPS) is 20.7. The number of nitrogens with zero attached hydrogens (tertiary/aromatic N) is 1. The number of fused-ring (bicyclic) bond motifs is 2. The van der Waals surface area contributed by atoms with Gasteiger partial charge in [0.25, 0.3) is 0 Å². The fourth-order valence-corrected chi connectivity index (χ4v) is 3.23. The molecule has 4 rings (SSSR count). The number of carbonyl (C=O) groups is 1. The summed E-state index contributed by atoms with van der Waals surface area (Å²) >= 11 is 0. The second-order valence-electron chi connectivity index (χ2n) is 5.74. The van der Waals surface area contributed by atoms with Crippen LogP contribution < -0.4 is 5.32 Å². The van der Waals surface area contributed by atoms with Gasteiger partial charge in [0.05, 0.1) is 28.9 Å². The third kappa shape index (κ3) is 2.08. The molecule has 1 N–H and O–H groups in total. The zero-order valence-corrected chi connectivity index (χ0v) is 12.3. The number of hydrogen-bond acceptors (Lipinski definition) is 4. The van der Waals surface area contributed by atoms with Gasteiger partial charge in [0.15, 0.2) is 5.78 Å². The van der Waals surface area contributed by atoms with Crippen LogP contribution in [-0.2, 0) is 4.79 Å². The minimum atomic E-state index is 0.0723. The van der Waals surface area contributed by atoms with Gasteiger partial charge >= 0.3 is 0 Å². The minimum Gasteiger partial charge on any atom is -0.469 e. The smallest absolute Gasteiger partial charge is 0.167 e. The lowest BCUT2D eigenvalue weighted by Crippen LogP contribution is -2.26. The Bertz CT molecular complexity index is 800. The first-order valence-corrected chi connectivity index (χ1v) is 7.44. The van der Waals surface area contributed by atoms with Gasteiger partial charge in [0.1, 0.15) is 5.76 Å². The molecule has 0 amide bonds. The summed E-state index contributed by atoms with van der Waals surface area (Å²) in [5.41, 5.74) is 4.29. The number of aliphatic imine (C=N–C) groups is 1. The summed E-state index contributed by atoms with van der Waals surface area (Å²) in [6.45, 7) is 1.94. The monoisotopic (exact) mass is 292 g/mol. The van der Waals surface area contributed by atoms with E-state index in [-0.39, 0.29) is 11.7 Å². The molecule has 4 nitrogen and oxygen atoms in total. The maximum absolute atomic E-state index is 12.6. The zero-order valence-electron chi connectivity index (χ0n) is 12.3. The fraction of sp³-hybridized carbons (Fsp3) is 0.222. The highest BCUT2D eigenvalue weighted by Crippen LogP contribution is 2.38. The number of nitrogens with one attached hydrogen (secondary N) is 1. The third-order valence-corrected chi connectivity index (χ3v) is 4.24. The SMILES string of the molecule is CC1=C2C(=O)C[C@H](c3ccco3)CC2=Nc2ccccc2N1. The van der Waals surface area contributed by atoms with Crippen molar-refractivity contribution in [2.24, 2.45) is 4.99 Å². The lowest BCUT2D eigenvalue weighted by atomic mass is 9.81. The van der Waals surface area contributed by atoms with E-state index in [1.807, 2.05) is 43.3 Å². The standard InChI is InChI=1S/C18H16N2O2/c1-11-18-15(20-14-6-3-2-5-13(14)19-11)9-12(10-16(18)21)17-7-4-8-22-17/h2-8,12,19H,9-10H2,1H3/t12-/m1/s1. The Hall–Kier alpha value is -2.62. The van der Waals surface area contributed by atoms with E-state index in [0.717, 1.165) is 40.5 Å². The number of ketones is 1. The van der Waals surface area contributed by atoms with Crippen LogP contribution in [-0.4, -0.2) is 11.5 Å². The maximum Gasteiger partial charge on any atom is 0.167 e. The average molecular weight is 292 g/mol. The van der Waals surface area contributed by atoms with Gasteiger partial charge in [0, 0.05) is 24.5 Å². The van der Waals surface area contributed by atoms with Gasteiger partial charge in [-0.3, -0.25) is 9.79 Å². The molecule has 1 atom stereocenters. The molecular formula is C18H16N2O2. The topological polar surface area (TPSA) is 54.6 Å². The van der Waals surface area contributed by atoms with Crippen molar-refractivity contribution >= 4 is 22.9 Å². The number of hydrogen-bond donors (Lipinski definition) is 1. The summed E-state index contributed by atoms with van der Waals surface area (Å²) in [6, 6.07) is 11.7. The van der Waals surface area contributed by atoms with Gasteiger partial charge in [-0.15, -0.1) is 0 Å². The highest BCUT2D eigenvalue weighted by molar-refractivity contribution is 6.26. The molecule has 1 aromatic heterocycles. The predicted molar refractivity (Wildman–Crippen MR) is 85.5 cm³/mol. The second-order valence-corrected chi connectivity index (χ2v) is 5.74. The molecule has 1 saturated carbocycles. The van der Waals surface area contributed by atoms with Crippen molar-refractivity contribution in [1.29, 1.82) is 0 Å². The van der Waals surface area contributed by atoms with Crippen LogP contribution in [0.3, 0.4) is 0 Å². The van der Waals surface area contributed by atoms with E-state index < -0.39 is 0 Å². The van der Waals surface area contributed by atoms with Gasteiger partial charge in [-0.1, -0.05) is 12.1 Å². The molecule has 1 aliphatic carbocycles. The Kier molecular flexibility index (Phi) is 2.96. The molecular weight excluding hydrogens is 276 g/mol. The molecule has 1 fully saturated rings. The van der Waals surface area contributed by atoms with E-state index in [1.165, 1.54) is 0 Å². The van der Waals surface area contributed by atoms with E-state index in [4.69, 9.17) is 9.41 Å². The Balaban J connectivity index is 1.81. The molecule has 1 aliphatic heterocycles. The Morgan fingerprint density at radius 1 is 1.18 bits per heavy atom. The molecule has 4 heteroatoms. The van der Waals surface area contributed by atoms with Gasteiger partial charge in [-0.25, -0.2) is 0 Å². The quantitative estimate of drug-likeness (QED) is 0.857. The number of para-hydroxylation sites is 2. The highest BCUT2D eigenvalue weighted by atomic mass is 16.3. The molecule has 2 heterocycles. The second kappa shape index (κ2) is 4.98. The van der Waals surface area contributed by atoms with Crippen LogP contribution in [0.15, 0.2) is 63.3 Å². The number of anilines is 1. The molecule has 110 valence electrons. The van der Waals surface area contributed by atoms with Crippen molar-refractivity contribution in [3.05, 3.63) is 59.7 Å². The van der Waals surface area contributed by atoms with E-state index in [2.05, 4.69) is 5.32 Å². The lowest BCUT2D eigenvalue weighted by Gasteiger charge is -2.23. The molecule has 0 unspecified atom stereocenters. The largest absolute Gasteiger partial charge is 0.469 e. The Morgan fingerprint density at radius 3 is 2.86 bits per heavy atom. The predicted octanol–water partition coefficient (Wildman–Crippen LogP) is 4.20. The first-order chi connectivity index (χ1) is 10.7. The van der Waals surface area contributed by atoms with Crippen molar-refractivity contribution in [2.75, 3.05) is 5.32 Å². The summed E-state index contributed by atoms with van der Waals surface area (Å²) in [7, 11) is 0. The van der Waals surface area contributed by atoms with Crippen molar-refractivity contribution in [3.63, 3.8) is 0 Å². The third-order valence-electron chi connectivity index (χ3n) is 4.24. The average Bonchev–Trinajstić information content (AvgIpc) is 2.98. The zero-order chi connectivity index (χ0) is 15.1. The molecule has 22 heavy (non-hydrogen) atoms. The molecule has 0 bridgehead atoms. The van der Waals surface area contributed by atoms with Crippen LogP contribution >= 0.6 is 0 Å². The van der Waals surface area contributed by atoms with E-state index in [9.17, 15) is 4.79 Å². The summed E-state index contributed by atoms with van der Waals surface area (Å²) in [5.74, 6) is 1.06. The summed E-state index contributed by atoms with van der Waals surface area (Å²) in [4.78, 5) is 17.4. The first kappa shape index (κ1) is 13.1. The van der Waals surface area contributed by atoms with Crippen LogP contribution in [0, 0.1) is 0 Å². The summed E-state index contributed by atoms with van der Waals surface area (Å²) < 4.78 is 5.49. The van der Waals surface area contributed by atoms with E-state index in [0.29, 0.717) is 6.42 Å². The van der Waals surface area contributed by atoms with Crippen molar-refractivity contribution in [3.8, 4) is 0 Å². The van der Waals surface area contributed by atoms with Crippen molar-refractivity contribution in [2.45, 2.75) is 25.7 Å². The van der Waals surface area contributed by atoms with Crippen LogP contribution in [0.5, 0.6) is 0 Å². The van der Waals surface area contributed by atoms with Crippen LogP contribution in [0.4, 0.5) is 11.4 Å². The first-order valence-electron chi connectivity index (χ1n) is 7.44. The molecule has 2 aromatic rings. The molecule has 0 saturated heterocycles. The number of furan rings is 1. The van der Waals surface area contributed by atoms with Gasteiger partial charge < -0.3 is 9.73 Å². The van der Waals surface area contributed by atoms with Gasteiger partial charge in [-0.2, -0.15) is 0 Å². The molecule has 1 aromatic carbocycles. The Morgan fingerprint density at radius 2 is 2.05 bits per heavy atom. The minimum absolute atomic E-state index is 0.0723. The van der Waals surface area contributed by atoms with Gasteiger partial charge in [-0.05, 0) is 31.2 Å². The number of allylic oxidation sites excluding steroid dienone is 2. The Labute approximate surface area is 128 Å². The highest BCUT2D eigenvalue weighted by Gasteiger charge is 2.33. The van der Waals surface area contributed by atoms with E-state index in [1.54, 1.807) is 6.26 Å². The lowest BCUT2D eigenvalue weighted by molar-refractivity contribution is -0.115. The van der Waals surface area contributed by atoms with E-state index >= 15 is 0 Å². The van der Waals surface area contributed by atoms with Gasteiger partial charge in [0.2, 0.25) is 0 Å². The number of carbonyl (C=O) groups excluding carboxylic acids is 1. The van der Waals surface area contributed by atoms with Crippen LogP contribution in [0.25, 0.3) is 0 Å². The molecule has 2 aliphatic rings. The van der Waals surface area contributed by atoms with Crippen LogP contribution in [0.2, 0.25) is 0 Å². The maximum atomic E-state index is 12.6. The number of Topliss-reactive ketones (excluding diaryl/α,β-unsaturated/α-hetero) is 1. The number of rotatable bonds is 1.